The minimum Gasteiger partial charge on any atom is -0.408 e. The third kappa shape index (κ3) is 2.93. The molecule has 0 unspecified atom stereocenters. The van der Waals surface area contributed by atoms with Crippen molar-refractivity contribution < 1.29 is 9.21 Å². The minimum absolute atomic E-state index is 0.0166. The van der Waals surface area contributed by atoms with E-state index in [9.17, 15) is 9.59 Å². The molecule has 0 N–H and O–H groups in total. The Labute approximate surface area is 143 Å². The molecule has 7 heteroatoms. The minimum atomic E-state index is -0.507. The fourth-order valence-corrected chi connectivity index (χ4v) is 3.26. The Hall–Kier alpha value is -2.96. The zero-order valence-electron chi connectivity index (χ0n) is 13.9. The smallest absolute Gasteiger partial charge is 0.408 e. The van der Waals surface area contributed by atoms with Gasteiger partial charge in [0.25, 0.3) is 0 Å². The van der Waals surface area contributed by atoms with Gasteiger partial charge < -0.3 is 9.32 Å². The highest BCUT2D eigenvalue weighted by molar-refractivity contribution is 5.79. The summed E-state index contributed by atoms with van der Waals surface area (Å²) < 4.78 is 6.57. The van der Waals surface area contributed by atoms with E-state index in [1.54, 1.807) is 29.3 Å². The Morgan fingerprint density at radius 2 is 2.16 bits per heavy atom. The quantitative estimate of drug-likeness (QED) is 0.726. The van der Waals surface area contributed by atoms with E-state index in [2.05, 4.69) is 9.97 Å². The zero-order valence-corrected chi connectivity index (χ0v) is 13.9. The highest BCUT2D eigenvalue weighted by Gasteiger charge is 2.29. The fourth-order valence-electron chi connectivity index (χ4n) is 3.26. The number of aryl methyl sites for hydroxylation is 1. The first-order valence-corrected chi connectivity index (χ1v) is 8.27. The van der Waals surface area contributed by atoms with Crippen LogP contribution in [0.3, 0.4) is 0 Å². The molecule has 1 saturated heterocycles. The van der Waals surface area contributed by atoms with Crippen LogP contribution in [0.5, 0.6) is 0 Å². The van der Waals surface area contributed by atoms with Crippen molar-refractivity contribution in [2.45, 2.75) is 25.8 Å². The molecule has 1 amide bonds. The molecule has 0 bridgehead atoms. The van der Waals surface area contributed by atoms with Crippen LogP contribution in [0.25, 0.3) is 11.1 Å². The third-order valence-corrected chi connectivity index (χ3v) is 4.59. The van der Waals surface area contributed by atoms with Crippen LogP contribution in [-0.2, 0) is 11.3 Å². The number of nitrogens with zero attached hydrogens (tertiary/aromatic N) is 4. The van der Waals surface area contributed by atoms with Crippen molar-refractivity contribution >= 4 is 17.0 Å². The molecule has 25 heavy (non-hydrogen) atoms. The monoisotopic (exact) mass is 338 g/mol. The number of hydrogen-bond acceptors (Lipinski definition) is 5. The van der Waals surface area contributed by atoms with Gasteiger partial charge in [-0.2, -0.15) is 0 Å². The number of para-hydroxylation sites is 2. The lowest BCUT2D eigenvalue weighted by Crippen LogP contribution is -2.34. The Bertz CT molecular complexity index is 991. The van der Waals surface area contributed by atoms with Gasteiger partial charge in [0.15, 0.2) is 5.58 Å². The summed E-state index contributed by atoms with van der Waals surface area (Å²) in [5, 5.41) is 0. The number of carbonyl (C=O) groups excluding carboxylic acids is 1. The lowest BCUT2D eigenvalue weighted by Gasteiger charge is -2.16. The second-order valence-electron chi connectivity index (χ2n) is 6.30. The molecule has 1 aromatic carbocycles. The van der Waals surface area contributed by atoms with Gasteiger partial charge in [-0.3, -0.25) is 9.36 Å². The first-order chi connectivity index (χ1) is 12.1. The Balaban J connectivity index is 1.50. The number of likely N-dealkylation sites (tertiary alicyclic amines) is 1. The molecule has 1 aliphatic rings. The molecule has 2 aromatic heterocycles. The maximum atomic E-state index is 12.6. The van der Waals surface area contributed by atoms with Crippen molar-refractivity contribution in [2.24, 2.45) is 0 Å². The van der Waals surface area contributed by atoms with Crippen molar-refractivity contribution in [3.05, 3.63) is 58.6 Å². The molecular formula is C18H18N4O3. The van der Waals surface area contributed by atoms with E-state index in [4.69, 9.17) is 4.42 Å². The number of carbonyl (C=O) groups is 1. The SMILES string of the molecule is Cc1ccnc([C@@H]2CCN(C(=O)Cn3c(=O)oc4ccccc43)C2)n1. The van der Waals surface area contributed by atoms with E-state index in [0.29, 0.717) is 24.2 Å². The first kappa shape index (κ1) is 15.6. The lowest BCUT2D eigenvalue weighted by atomic mass is 10.1. The van der Waals surface area contributed by atoms with Gasteiger partial charge in [0.05, 0.1) is 5.52 Å². The van der Waals surface area contributed by atoms with Crippen molar-refractivity contribution in [3.8, 4) is 0 Å². The van der Waals surface area contributed by atoms with E-state index in [1.165, 1.54) is 4.57 Å². The summed E-state index contributed by atoms with van der Waals surface area (Å²) in [4.78, 5) is 35.2. The van der Waals surface area contributed by atoms with Gasteiger partial charge in [0, 0.05) is 30.9 Å². The average Bonchev–Trinajstić information content (AvgIpc) is 3.21. The summed E-state index contributed by atoms with van der Waals surface area (Å²) in [6.45, 7) is 3.13. The van der Waals surface area contributed by atoms with Crippen molar-refractivity contribution in [3.63, 3.8) is 0 Å². The predicted molar refractivity (Wildman–Crippen MR) is 91.2 cm³/mol. The Morgan fingerprint density at radius 1 is 1.32 bits per heavy atom. The van der Waals surface area contributed by atoms with Crippen LogP contribution < -0.4 is 5.76 Å². The number of fused-ring (bicyclic) bond motifs is 1. The van der Waals surface area contributed by atoms with Gasteiger partial charge >= 0.3 is 5.76 Å². The summed E-state index contributed by atoms with van der Waals surface area (Å²) in [5.74, 6) is 0.319. The average molecular weight is 338 g/mol. The van der Waals surface area contributed by atoms with Crippen LogP contribution in [0.1, 0.15) is 23.9 Å². The molecule has 0 aliphatic carbocycles. The molecule has 3 aromatic rings. The van der Waals surface area contributed by atoms with E-state index in [0.717, 1.165) is 17.9 Å². The summed E-state index contributed by atoms with van der Waals surface area (Å²) in [6.07, 6.45) is 2.58. The molecule has 1 atom stereocenters. The Morgan fingerprint density at radius 3 is 3.00 bits per heavy atom. The summed E-state index contributed by atoms with van der Waals surface area (Å²) in [7, 11) is 0. The van der Waals surface area contributed by atoms with E-state index >= 15 is 0 Å². The van der Waals surface area contributed by atoms with Crippen LogP contribution in [0.15, 0.2) is 45.7 Å². The predicted octanol–water partition coefficient (Wildman–Crippen LogP) is 1.71. The molecule has 4 rings (SSSR count). The van der Waals surface area contributed by atoms with E-state index in [-0.39, 0.29) is 18.4 Å². The summed E-state index contributed by atoms with van der Waals surface area (Å²) >= 11 is 0. The van der Waals surface area contributed by atoms with Crippen LogP contribution in [0, 0.1) is 6.92 Å². The second-order valence-corrected chi connectivity index (χ2v) is 6.30. The molecule has 1 aliphatic heterocycles. The molecule has 128 valence electrons. The summed E-state index contributed by atoms with van der Waals surface area (Å²) in [6, 6.07) is 8.97. The number of hydrogen-bond donors (Lipinski definition) is 0. The largest absolute Gasteiger partial charge is 0.420 e. The van der Waals surface area contributed by atoms with Crippen molar-refractivity contribution in [1.29, 1.82) is 0 Å². The molecule has 1 fully saturated rings. The van der Waals surface area contributed by atoms with Crippen LogP contribution in [-0.4, -0.2) is 38.4 Å². The van der Waals surface area contributed by atoms with Crippen LogP contribution in [0.2, 0.25) is 0 Å². The topological polar surface area (TPSA) is 81.2 Å². The Kier molecular flexibility index (Phi) is 3.83. The van der Waals surface area contributed by atoms with Gasteiger partial charge in [-0.05, 0) is 31.5 Å². The standard InChI is InChI=1S/C18H18N4O3/c1-12-6-8-19-17(20-12)13-7-9-21(10-13)16(23)11-22-14-4-2-3-5-15(14)25-18(22)24/h2-6,8,13H,7,9-11H2,1H3/t13-/m1/s1. The molecular weight excluding hydrogens is 320 g/mol. The van der Waals surface area contributed by atoms with Gasteiger partial charge in [0.1, 0.15) is 12.4 Å². The molecule has 0 spiro atoms. The van der Waals surface area contributed by atoms with E-state index < -0.39 is 5.76 Å². The number of rotatable bonds is 3. The normalized spacial score (nSPS) is 17.3. The number of oxazole rings is 1. The maximum Gasteiger partial charge on any atom is 0.420 e. The second kappa shape index (κ2) is 6.16. The third-order valence-electron chi connectivity index (χ3n) is 4.59. The van der Waals surface area contributed by atoms with Crippen molar-refractivity contribution in [2.75, 3.05) is 13.1 Å². The zero-order chi connectivity index (χ0) is 17.4. The van der Waals surface area contributed by atoms with Crippen LogP contribution in [0.4, 0.5) is 0 Å². The molecule has 3 heterocycles. The lowest BCUT2D eigenvalue weighted by molar-refractivity contribution is -0.130. The number of benzene rings is 1. The van der Waals surface area contributed by atoms with Crippen LogP contribution >= 0.6 is 0 Å². The van der Waals surface area contributed by atoms with Gasteiger partial charge in [-0.15, -0.1) is 0 Å². The van der Waals surface area contributed by atoms with Gasteiger partial charge in [-0.25, -0.2) is 14.8 Å². The summed E-state index contributed by atoms with van der Waals surface area (Å²) in [5.41, 5.74) is 2.05. The van der Waals surface area contributed by atoms with Crippen molar-refractivity contribution in [1.82, 2.24) is 19.4 Å². The highest BCUT2D eigenvalue weighted by Crippen LogP contribution is 2.25. The van der Waals surface area contributed by atoms with Gasteiger partial charge in [0.2, 0.25) is 5.91 Å². The number of aromatic nitrogens is 3. The fraction of sp³-hybridized carbons (Fsp3) is 0.333. The molecule has 7 nitrogen and oxygen atoms in total. The van der Waals surface area contributed by atoms with E-state index in [1.807, 2.05) is 19.1 Å². The molecule has 0 saturated carbocycles. The number of amides is 1. The van der Waals surface area contributed by atoms with Gasteiger partial charge in [-0.1, -0.05) is 12.1 Å². The first-order valence-electron chi connectivity index (χ1n) is 8.27. The highest BCUT2D eigenvalue weighted by atomic mass is 16.4. The maximum absolute atomic E-state index is 12.6. The molecule has 0 radical (unpaired) electrons.